The number of fused-ring (bicyclic) bond motifs is 12. The van der Waals surface area contributed by atoms with Gasteiger partial charge >= 0.3 is 0 Å². The molecule has 0 aliphatic heterocycles. The predicted octanol–water partition coefficient (Wildman–Crippen LogP) is 12.6. The van der Waals surface area contributed by atoms with E-state index in [1.54, 1.807) is 0 Å². The molecule has 0 N–H and O–H groups in total. The smallest absolute Gasteiger partial charge is 0.139 e. The van der Waals surface area contributed by atoms with Gasteiger partial charge in [-0.3, -0.25) is 0 Å². The molecule has 0 bridgehead atoms. The van der Waals surface area contributed by atoms with Gasteiger partial charge in [0.2, 0.25) is 0 Å². The van der Waals surface area contributed by atoms with Crippen LogP contribution in [-0.2, 0) is 0 Å². The van der Waals surface area contributed by atoms with Crippen molar-refractivity contribution in [3.05, 3.63) is 133 Å². The minimum atomic E-state index is 0.783. The van der Waals surface area contributed by atoms with Crippen molar-refractivity contribution < 1.29 is 17.7 Å². The van der Waals surface area contributed by atoms with Gasteiger partial charge in [0.05, 0.1) is 0 Å². The molecule has 0 spiro atoms. The third-order valence-corrected chi connectivity index (χ3v) is 9.46. The number of benzene rings is 7. The fourth-order valence-electron chi connectivity index (χ4n) is 7.20. The molecule has 46 heavy (non-hydrogen) atoms. The third-order valence-electron chi connectivity index (χ3n) is 9.46. The van der Waals surface area contributed by atoms with Crippen molar-refractivity contribution >= 4 is 87.8 Å². The highest BCUT2D eigenvalue weighted by Crippen LogP contribution is 2.42. The standard InChI is InChI=1S/C42H22O4/c1-3-7-23(8-4-1)25-11-13-35-27(15-25)29-17-30-31-18-32-34-20-37-33(28-16-26(12-14-36(28)43-37)24-9-5-2-6-10-24)19-38(34)45-42(32)22-41(31)46-40(30)21-39(29)44-35/h1-22H. The lowest BCUT2D eigenvalue weighted by atomic mass is 10.0. The summed E-state index contributed by atoms with van der Waals surface area (Å²) in [5.41, 5.74) is 11.2. The first-order chi connectivity index (χ1) is 22.7. The Morgan fingerprint density at radius 1 is 0.217 bits per heavy atom. The van der Waals surface area contributed by atoms with Crippen LogP contribution in [0, 0.1) is 0 Å². The quantitative estimate of drug-likeness (QED) is 0.201. The topological polar surface area (TPSA) is 52.6 Å². The summed E-state index contributed by atoms with van der Waals surface area (Å²) in [5, 5.41) is 8.40. The fourth-order valence-corrected chi connectivity index (χ4v) is 7.20. The molecule has 0 amide bonds. The summed E-state index contributed by atoms with van der Waals surface area (Å²) in [5.74, 6) is 0. The molecule has 0 saturated heterocycles. The second-order valence-corrected chi connectivity index (χ2v) is 12.1. The summed E-state index contributed by atoms with van der Waals surface area (Å²) < 4.78 is 25.5. The number of hydrogen-bond donors (Lipinski definition) is 0. The maximum atomic E-state index is 6.45. The average Bonchev–Trinajstić information content (AvgIpc) is 3.84. The van der Waals surface area contributed by atoms with Gasteiger partial charge < -0.3 is 17.7 Å². The van der Waals surface area contributed by atoms with Gasteiger partial charge in [0, 0.05) is 55.2 Å². The molecule has 4 nitrogen and oxygen atoms in total. The van der Waals surface area contributed by atoms with Gasteiger partial charge in [0.25, 0.3) is 0 Å². The van der Waals surface area contributed by atoms with E-state index in [-0.39, 0.29) is 0 Å². The van der Waals surface area contributed by atoms with Crippen LogP contribution in [0.4, 0.5) is 0 Å². The highest BCUT2D eigenvalue weighted by atomic mass is 16.4. The molecule has 0 fully saturated rings. The van der Waals surface area contributed by atoms with Gasteiger partial charge in [0.1, 0.15) is 44.7 Å². The van der Waals surface area contributed by atoms with Gasteiger partial charge in [0.15, 0.2) is 0 Å². The largest absolute Gasteiger partial charge is 0.456 e. The Morgan fingerprint density at radius 2 is 0.543 bits per heavy atom. The zero-order valence-electron chi connectivity index (χ0n) is 24.3. The van der Waals surface area contributed by atoms with Gasteiger partial charge in [-0.1, -0.05) is 72.8 Å². The fraction of sp³-hybridized carbons (Fsp3) is 0. The summed E-state index contributed by atoms with van der Waals surface area (Å²) in [4.78, 5) is 0. The highest BCUT2D eigenvalue weighted by Gasteiger charge is 2.19. The molecule has 0 unspecified atom stereocenters. The first-order valence-electron chi connectivity index (χ1n) is 15.4. The molecule has 11 aromatic rings. The van der Waals surface area contributed by atoms with E-state index in [0.717, 1.165) is 98.9 Å². The van der Waals surface area contributed by atoms with Gasteiger partial charge in [-0.25, -0.2) is 0 Å². The van der Waals surface area contributed by atoms with Crippen LogP contribution in [0.2, 0.25) is 0 Å². The number of furan rings is 4. The zero-order valence-corrected chi connectivity index (χ0v) is 24.3. The van der Waals surface area contributed by atoms with Gasteiger partial charge in [-0.05, 0) is 70.8 Å². The Hall–Kier alpha value is -6.26. The monoisotopic (exact) mass is 590 g/mol. The van der Waals surface area contributed by atoms with E-state index in [2.05, 4.69) is 109 Å². The Kier molecular flexibility index (Phi) is 4.55. The molecule has 214 valence electrons. The number of rotatable bonds is 2. The molecule has 4 heteroatoms. The second-order valence-electron chi connectivity index (χ2n) is 12.1. The molecule has 4 heterocycles. The Bertz CT molecular complexity index is 3010. The van der Waals surface area contributed by atoms with Crippen LogP contribution in [0.1, 0.15) is 0 Å². The van der Waals surface area contributed by atoms with E-state index in [1.807, 2.05) is 24.3 Å². The SMILES string of the molecule is c1ccc(-c2ccc3oc4cc5c(cc4c3c2)oc2cc3oc4cc6oc7ccc(-c8ccccc8)cc7c6cc4c3cc25)cc1. The van der Waals surface area contributed by atoms with Gasteiger partial charge in [-0.15, -0.1) is 0 Å². The second kappa shape index (κ2) is 8.68. The van der Waals surface area contributed by atoms with Crippen LogP contribution < -0.4 is 0 Å². The van der Waals surface area contributed by atoms with Crippen molar-refractivity contribution in [2.75, 3.05) is 0 Å². The summed E-state index contributed by atoms with van der Waals surface area (Å²) in [6.07, 6.45) is 0. The van der Waals surface area contributed by atoms with Crippen LogP contribution in [0.5, 0.6) is 0 Å². The summed E-state index contributed by atoms with van der Waals surface area (Å²) in [7, 11) is 0. The maximum Gasteiger partial charge on any atom is 0.139 e. The van der Waals surface area contributed by atoms with E-state index < -0.39 is 0 Å². The molecule has 7 aromatic carbocycles. The zero-order chi connectivity index (χ0) is 29.9. The Morgan fingerprint density at radius 3 is 0.957 bits per heavy atom. The molecule has 0 radical (unpaired) electrons. The minimum Gasteiger partial charge on any atom is -0.456 e. The highest BCUT2D eigenvalue weighted by molar-refractivity contribution is 6.21. The molecule has 0 atom stereocenters. The van der Waals surface area contributed by atoms with Gasteiger partial charge in [-0.2, -0.15) is 0 Å². The molecule has 0 saturated carbocycles. The van der Waals surface area contributed by atoms with Crippen molar-refractivity contribution in [2.45, 2.75) is 0 Å². The summed E-state index contributed by atoms with van der Waals surface area (Å²) >= 11 is 0. The van der Waals surface area contributed by atoms with E-state index >= 15 is 0 Å². The number of hydrogen-bond acceptors (Lipinski definition) is 4. The lowest BCUT2D eigenvalue weighted by molar-refractivity contribution is 0.651. The summed E-state index contributed by atoms with van der Waals surface area (Å²) in [6.45, 7) is 0. The average molecular weight is 591 g/mol. The van der Waals surface area contributed by atoms with Crippen LogP contribution in [-0.4, -0.2) is 0 Å². The van der Waals surface area contributed by atoms with Crippen molar-refractivity contribution in [3.8, 4) is 22.3 Å². The van der Waals surface area contributed by atoms with E-state index in [4.69, 9.17) is 17.7 Å². The lowest BCUT2D eigenvalue weighted by Gasteiger charge is -2.01. The molecule has 0 aliphatic rings. The van der Waals surface area contributed by atoms with Crippen molar-refractivity contribution in [1.82, 2.24) is 0 Å². The lowest BCUT2D eigenvalue weighted by Crippen LogP contribution is -1.76. The molecule has 4 aromatic heterocycles. The summed E-state index contributed by atoms with van der Waals surface area (Å²) in [6, 6.07) is 46.2. The molecule has 11 rings (SSSR count). The predicted molar refractivity (Wildman–Crippen MR) is 186 cm³/mol. The van der Waals surface area contributed by atoms with Crippen molar-refractivity contribution in [3.63, 3.8) is 0 Å². The molecular weight excluding hydrogens is 568 g/mol. The van der Waals surface area contributed by atoms with Crippen LogP contribution in [0.15, 0.2) is 151 Å². The van der Waals surface area contributed by atoms with Crippen LogP contribution in [0.3, 0.4) is 0 Å². The van der Waals surface area contributed by atoms with Crippen LogP contribution in [0.25, 0.3) is 110 Å². The van der Waals surface area contributed by atoms with E-state index in [0.29, 0.717) is 0 Å². The first kappa shape index (κ1) is 24.1. The minimum absolute atomic E-state index is 0.783. The van der Waals surface area contributed by atoms with Crippen molar-refractivity contribution in [2.24, 2.45) is 0 Å². The molecular formula is C42H22O4. The van der Waals surface area contributed by atoms with Crippen molar-refractivity contribution in [1.29, 1.82) is 0 Å². The Labute approximate surface area is 260 Å². The van der Waals surface area contributed by atoms with Crippen LogP contribution >= 0.6 is 0 Å². The normalized spacial score (nSPS) is 12.3. The molecule has 0 aliphatic carbocycles. The van der Waals surface area contributed by atoms with E-state index in [9.17, 15) is 0 Å². The first-order valence-corrected chi connectivity index (χ1v) is 15.4. The van der Waals surface area contributed by atoms with E-state index in [1.165, 1.54) is 11.1 Å². The Balaban J connectivity index is 1.11. The maximum absolute atomic E-state index is 6.45. The third kappa shape index (κ3) is 3.33.